The molecule has 0 radical (unpaired) electrons. The highest BCUT2D eigenvalue weighted by Gasteiger charge is 2.06. The molecule has 3 aromatic rings. The van der Waals surface area contributed by atoms with Gasteiger partial charge in [0.05, 0.1) is 6.54 Å². The Morgan fingerprint density at radius 1 is 1.05 bits per heavy atom. The number of anilines is 1. The summed E-state index contributed by atoms with van der Waals surface area (Å²) in [5.74, 6) is 1.34. The van der Waals surface area contributed by atoms with Crippen LogP contribution in [0, 0.1) is 0 Å². The van der Waals surface area contributed by atoms with Gasteiger partial charge in [0.15, 0.2) is 0 Å². The van der Waals surface area contributed by atoms with E-state index in [9.17, 15) is 0 Å². The summed E-state index contributed by atoms with van der Waals surface area (Å²) in [6.07, 6.45) is 3.59. The quantitative estimate of drug-likeness (QED) is 0.704. The Morgan fingerprint density at radius 3 is 2.76 bits per heavy atom. The summed E-state index contributed by atoms with van der Waals surface area (Å²) >= 11 is 1.51. The number of hydrogen-bond acceptors (Lipinski definition) is 6. The van der Waals surface area contributed by atoms with Crippen LogP contribution in [0.4, 0.5) is 5.69 Å². The zero-order chi connectivity index (χ0) is 14.3. The van der Waals surface area contributed by atoms with Gasteiger partial charge in [-0.2, -0.15) is 0 Å². The highest BCUT2D eigenvalue weighted by atomic mass is 32.2. The lowest BCUT2D eigenvalue weighted by molar-refractivity contribution is 0.418. The maximum Gasteiger partial charge on any atom is 0.276 e. The van der Waals surface area contributed by atoms with Gasteiger partial charge in [-0.1, -0.05) is 36.0 Å². The summed E-state index contributed by atoms with van der Waals surface area (Å²) in [7, 11) is 0. The van der Waals surface area contributed by atoms with Crippen molar-refractivity contribution in [2.24, 2.45) is 0 Å². The second kappa shape index (κ2) is 6.90. The maximum atomic E-state index is 5.58. The summed E-state index contributed by atoms with van der Waals surface area (Å²) in [5.41, 5.74) is 2.16. The first-order valence-corrected chi connectivity index (χ1v) is 7.52. The first-order valence-electron chi connectivity index (χ1n) is 6.53. The van der Waals surface area contributed by atoms with Gasteiger partial charge >= 0.3 is 0 Å². The number of hydrogen-bond donors (Lipinski definition) is 1. The molecule has 2 heterocycles. The fourth-order valence-corrected chi connectivity index (χ4v) is 2.44. The highest BCUT2D eigenvalue weighted by Crippen LogP contribution is 2.21. The molecule has 0 saturated heterocycles. The Balaban J connectivity index is 1.52. The SMILES string of the molecule is c1ccc(NCc2nnc(SCc3cccnc3)o2)cc1. The van der Waals surface area contributed by atoms with E-state index in [0.29, 0.717) is 17.7 Å². The van der Waals surface area contributed by atoms with Crippen molar-refractivity contribution in [2.75, 3.05) is 5.32 Å². The third-order valence-electron chi connectivity index (χ3n) is 2.75. The minimum absolute atomic E-state index is 0.518. The largest absolute Gasteiger partial charge is 0.414 e. The van der Waals surface area contributed by atoms with Crippen LogP contribution in [0.15, 0.2) is 64.5 Å². The van der Waals surface area contributed by atoms with Gasteiger partial charge in [-0.25, -0.2) is 0 Å². The topological polar surface area (TPSA) is 63.8 Å². The number of aromatic nitrogens is 3. The van der Waals surface area contributed by atoms with Crippen LogP contribution in [0.1, 0.15) is 11.5 Å². The highest BCUT2D eigenvalue weighted by molar-refractivity contribution is 7.98. The van der Waals surface area contributed by atoms with Crippen LogP contribution >= 0.6 is 11.8 Å². The van der Waals surface area contributed by atoms with Crippen LogP contribution in [-0.2, 0) is 12.3 Å². The summed E-state index contributed by atoms with van der Waals surface area (Å²) in [5, 5.41) is 11.9. The first kappa shape index (κ1) is 13.6. The zero-order valence-corrected chi connectivity index (χ0v) is 12.1. The van der Waals surface area contributed by atoms with E-state index < -0.39 is 0 Å². The Kier molecular flexibility index (Phi) is 4.48. The number of nitrogens with one attached hydrogen (secondary N) is 1. The Labute approximate surface area is 126 Å². The molecule has 0 aliphatic carbocycles. The molecule has 6 heteroatoms. The number of rotatable bonds is 6. The second-order valence-corrected chi connectivity index (χ2v) is 5.26. The van der Waals surface area contributed by atoms with Crippen molar-refractivity contribution < 1.29 is 4.42 Å². The molecule has 0 aliphatic rings. The standard InChI is InChI=1S/C15H14N4OS/c1-2-6-13(7-3-1)17-10-14-18-19-15(20-14)21-11-12-5-4-8-16-9-12/h1-9,17H,10-11H2. The minimum Gasteiger partial charge on any atom is -0.414 e. The maximum absolute atomic E-state index is 5.58. The summed E-state index contributed by atoms with van der Waals surface area (Å²) in [4.78, 5) is 4.08. The number of benzene rings is 1. The van der Waals surface area contributed by atoms with Crippen molar-refractivity contribution in [3.8, 4) is 0 Å². The molecule has 1 N–H and O–H groups in total. The van der Waals surface area contributed by atoms with Crippen molar-refractivity contribution >= 4 is 17.4 Å². The third-order valence-corrected chi connectivity index (χ3v) is 3.64. The Bertz CT molecular complexity index is 614. The van der Waals surface area contributed by atoms with Gasteiger partial charge in [-0.15, -0.1) is 10.2 Å². The predicted octanol–water partition coefficient (Wildman–Crippen LogP) is 3.37. The van der Waals surface area contributed by atoms with Crippen molar-refractivity contribution in [1.82, 2.24) is 15.2 Å². The van der Waals surface area contributed by atoms with Crippen LogP contribution in [0.25, 0.3) is 0 Å². The van der Waals surface area contributed by atoms with E-state index in [1.807, 2.05) is 48.7 Å². The molecule has 0 fully saturated rings. The van der Waals surface area contributed by atoms with E-state index in [1.54, 1.807) is 6.20 Å². The third kappa shape index (κ3) is 4.06. The van der Waals surface area contributed by atoms with Gasteiger partial charge in [0.2, 0.25) is 5.89 Å². The molecular formula is C15H14N4OS. The summed E-state index contributed by atoms with van der Waals surface area (Å²) in [6.45, 7) is 0.518. The minimum atomic E-state index is 0.518. The average molecular weight is 298 g/mol. The Morgan fingerprint density at radius 2 is 1.95 bits per heavy atom. The van der Waals surface area contributed by atoms with Gasteiger partial charge in [-0.3, -0.25) is 4.98 Å². The molecule has 3 rings (SSSR count). The zero-order valence-electron chi connectivity index (χ0n) is 11.3. The van der Waals surface area contributed by atoms with Crippen molar-refractivity contribution in [3.63, 3.8) is 0 Å². The van der Waals surface area contributed by atoms with Gasteiger partial charge in [-0.05, 0) is 23.8 Å². The van der Waals surface area contributed by atoms with Gasteiger partial charge in [0.25, 0.3) is 5.22 Å². The number of para-hydroxylation sites is 1. The Hall–Kier alpha value is -2.34. The lowest BCUT2D eigenvalue weighted by atomic mass is 10.3. The van der Waals surface area contributed by atoms with Crippen LogP contribution in [0.5, 0.6) is 0 Å². The lowest BCUT2D eigenvalue weighted by Crippen LogP contribution is -1.99. The van der Waals surface area contributed by atoms with E-state index in [4.69, 9.17) is 4.42 Å². The fraction of sp³-hybridized carbons (Fsp3) is 0.133. The second-order valence-electron chi connectivity index (χ2n) is 4.33. The monoisotopic (exact) mass is 298 g/mol. The molecule has 0 saturated carbocycles. The lowest BCUT2D eigenvalue weighted by Gasteiger charge is -2.01. The van der Waals surface area contributed by atoms with Crippen molar-refractivity contribution in [3.05, 3.63) is 66.3 Å². The molecule has 0 unspecified atom stereocenters. The summed E-state index contributed by atoms with van der Waals surface area (Å²) < 4.78 is 5.58. The number of nitrogens with zero attached hydrogens (tertiary/aromatic N) is 3. The van der Waals surface area contributed by atoms with Gasteiger partial charge < -0.3 is 9.73 Å². The van der Waals surface area contributed by atoms with Crippen LogP contribution in [-0.4, -0.2) is 15.2 Å². The van der Waals surface area contributed by atoms with E-state index in [0.717, 1.165) is 17.0 Å². The first-order chi connectivity index (χ1) is 10.4. The molecule has 5 nitrogen and oxygen atoms in total. The normalized spacial score (nSPS) is 10.5. The molecule has 0 aliphatic heterocycles. The molecular weight excluding hydrogens is 284 g/mol. The molecule has 0 spiro atoms. The van der Waals surface area contributed by atoms with Crippen LogP contribution in [0.2, 0.25) is 0 Å². The molecule has 21 heavy (non-hydrogen) atoms. The molecule has 106 valence electrons. The van der Waals surface area contributed by atoms with Gasteiger partial charge in [0, 0.05) is 23.8 Å². The molecule has 1 aromatic carbocycles. The molecule has 0 amide bonds. The van der Waals surface area contributed by atoms with Gasteiger partial charge in [0.1, 0.15) is 0 Å². The van der Waals surface area contributed by atoms with Crippen LogP contribution < -0.4 is 5.32 Å². The number of pyridine rings is 1. The fourth-order valence-electron chi connectivity index (χ4n) is 1.73. The molecule has 0 atom stereocenters. The van der Waals surface area contributed by atoms with E-state index in [2.05, 4.69) is 20.5 Å². The smallest absolute Gasteiger partial charge is 0.276 e. The van der Waals surface area contributed by atoms with Crippen LogP contribution in [0.3, 0.4) is 0 Å². The molecule has 2 aromatic heterocycles. The number of thioether (sulfide) groups is 1. The van der Waals surface area contributed by atoms with E-state index in [-0.39, 0.29) is 0 Å². The summed E-state index contributed by atoms with van der Waals surface area (Å²) in [6, 6.07) is 13.9. The predicted molar refractivity (Wildman–Crippen MR) is 81.9 cm³/mol. The van der Waals surface area contributed by atoms with Crippen molar-refractivity contribution in [1.29, 1.82) is 0 Å². The molecule has 0 bridgehead atoms. The van der Waals surface area contributed by atoms with Crippen molar-refractivity contribution in [2.45, 2.75) is 17.5 Å². The average Bonchev–Trinajstić information content (AvgIpc) is 3.01. The van der Waals surface area contributed by atoms with E-state index in [1.165, 1.54) is 11.8 Å². The van der Waals surface area contributed by atoms with E-state index >= 15 is 0 Å².